The third-order valence-corrected chi connectivity index (χ3v) is 6.80. The molecule has 3 aromatic carbocycles. The second-order valence-corrected chi connectivity index (χ2v) is 8.86. The first-order valence-electron chi connectivity index (χ1n) is 10.8. The number of carbonyl (C=O) groups excluding carboxylic acids is 2. The Morgan fingerprint density at radius 1 is 0.941 bits per heavy atom. The lowest BCUT2D eigenvalue weighted by Gasteiger charge is -2.31. The van der Waals surface area contributed by atoms with Gasteiger partial charge in [0.15, 0.2) is 0 Å². The first kappa shape index (κ1) is 23.4. The van der Waals surface area contributed by atoms with E-state index in [9.17, 15) is 19.5 Å². The van der Waals surface area contributed by atoms with Crippen LogP contribution >= 0.6 is 11.8 Å². The summed E-state index contributed by atoms with van der Waals surface area (Å²) in [6.45, 7) is 0.0479. The lowest BCUT2D eigenvalue weighted by atomic mass is 10.0. The number of thioether (sulfide) groups is 1. The predicted octanol–water partition coefficient (Wildman–Crippen LogP) is 4.38. The van der Waals surface area contributed by atoms with E-state index in [-0.39, 0.29) is 12.4 Å². The minimum Gasteiger partial charge on any atom is -0.480 e. The monoisotopic (exact) mass is 476 g/mol. The summed E-state index contributed by atoms with van der Waals surface area (Å²) >= 11 is 1.39. The molecule has 1 unspecified atom stereocenters. The van der Waals surface area contributed by atoms with Crippen molar-refractivity contribution >= 4 is 29.7 Å². The van der Waals surface area contributed by atoms with Gasteiger partial charge in [0, 0.05) is 5.75 Å². The SMILES string of the molecule is O=C(N[C@H](C(=O)N1C(c2ccccc2)SC[C@H]1C(=O)O)c1ccccc1)OCc1ccccc1. The largest absolute Gasteiger partial charge is 0.480 e. The Labute approximate surface area is 201 Å². The van der Waals surface area contributed by atoms with Crippen molar-refractivity contribution in [2.45, 2.75) is 24.1 Å². The number of aliphatic carboxylic acids is 1. The van der Waals surface area contributed by atoms with Crippen LogP contribution in [-0.2, 0) is 20.9 Å². The molecule has 7 nitrogen and oxygen atoms in total. The molecule has 2 amide bonds. The molecule has 174 valence electrons. The highest BCUT2D eigenvalue weighted by Crippen LogP contribution is 2.42. The zero-order valence-electron chi connectivity index (χ0n) is 18.2. The van der Waals surface area contributed by atoms with E-state index >= 15 is 0 Å². The van der Waals surface area contributed by atoms with Gasteiger partial charge in [-0.1, -0.05) is 91.0 Å². The number of alkyl carbamates (subject to hydrolysis) is 1. The summed E-state index contributed by atoms with van der Waals surface area (Å²) in [7, 11) is 0. The zero-order valence-corrected chi connectivity index (χ0v) is 19.1. The summed E-state index contributed by atoms with van der Waals surface area (Å²) < 4.78 is 5.34. The van der Waals surface area contributed by atoms with Crippen LogP contribution < -0.4 is 5.32 Å². The summed E-state index contributed by atoms with van der Waals surface area (Å²) in [6, 6.07) is 25.1. The smallest absolute Gasteiger partial charge is 0.408 e. The molecule has 0 spiro atoms. The van der Waals surface area contributed by atoms with Crippen molar-refractivity contribution in [1.82, 2.24) is 10.2 Å². The van der Waals surface area contributed by atoms with E-state index in [1.54, 1.807) is 30.3 Å². The van der Waals surface area contributed by atoms with Crippen molar-refractivity contribution in [3.05, 3.63) is 108 Å². The number of carboxylic acids is 1. The molecule has 1 fully saturated rings. The lowest BCUT2D eigenvalue weighted by Crippen LogP contribution is -2.48. The molecule has 3 atom stereocenters. The van der Waals surface area contributed by atoms with Crippen LogP contribution in [0.15, 0.2) is 91.0 Å². The number of nitrogens with zero attached hydrogens (tertiary/aromatic N) is 1. The number of benzene rings is 3. The molecule has 1 saturated heterocycles. The maximum Gasteiger partial charge on any atom is 0.408 e. The summed E-state index contributed by atoms with van der Waals surface area (Å²) in [5.41, 5.74) is 2.17. The van der Waals surface area contributed by atoms with Gasteiger partial charge in [-0.25, -0.2) is 9.59 Å². The van der Waals surface area contributed by atoms with Gasteiger partial charge in [-0.05, 0) is 16.7 Å². The van der Waals surface area contributed by atoms with Crippen LogP contribution in [0.3, 0.4) is 0 Å². The average Bonchev–Trinajstić information content (AvgIpc) is 3.33. The van der Waals surface area contributed by atoms with Gasteiger partial charge in [0.2, 0.25) is 0 Å². The molecule has 1 heterocycles. The molecule has 2 N–H and O–H groups in total. The normalized spacial score (nSPS) is 18.2. The van der Waals surface area contributed by atoms with Gasteiger partial charge in [0.1, 0.15) is 24.1 Å². The fraction of sp³-hybridized carbons (Fsp3) is 0.192. The highest BCUT2D eigenvalue weighted by atomic mass is 32.2. The van der Waals surface area contributed by atoms with Crippen LogP contribution in [0.25, 0.3) is 0 Å². The summed E-state index contributed by atoms with van der Waals surface area (Å²) in [5.74, 6) is -1.34. The van der Waals surface area contributed by atoms with E-state index in [4.69, 9.17) is 4.74 Å². The van der Waals surface area contributed by atoms with Gasteiger partial charge in [-0.15, -0.1) is 11.8 Å². The second kappa shape index (κ2) is 10.9. The predicted molar refractivity (Wildman–Crippen MR) is 129 cm³/mol. The first-order valence-corrected chi connectivity index (χ1v) is 11.8. The number of rotatable bonds is 7. The Balaban J connectivity index is 1.60. The number of nitrogens with one attached hydrogen (secondary N) is 1. The Kier molecular flexibility index (Phi) is 7.49. The van der Waals surface area contributed by atoms with Crippen molar-refractivity contribution in [3.8, 4) is 0 Å². The van der Waals surface area contributed by atoms with Crippen molar-refractivity contribution < 1.29 is 24.2 Å². The number of carbonyl (C=O) groups is 3. The molecule has 8 heteroatoms. The molecule has 34 heavy (non-hydrogen) atoms. The Hall–Kier alpha value is -3.78. The standard InChI is InChI=1S/C26H24N2O5S/c29-23(28-21(25(30)31)17-34-24(28)20-14-8-3-9-15-20)22(19-12-6-2-7-13-19)27-26(32)33-16-18-10-4-1-5-11-18/h1-15,21-22,24H,16-17H2,(H,27,32)(H,30,31)/t21-,22-,24?/m0/s1. The lowest BCUT2D eigenvalue weighted by molar-refractivity contribution is -0.150. The van der Waals surface area contributed by atoms with Gasteiger partial charge in [-0.2, -0.15) is 0 Å². The van der Waals surface area contributed by atoms with Crippen molar-refractivity contribution in [2.24, 2.45) is 0 Å². The maximum absolute atomic E-state index is 13.8. The third-order valence-electron chi connectivity index (χ3n) is 5.48. The molecule has 1 aliphatic rings. The number of amides is 2. The highest BCUT2D eigenvalue weighted by molar-refractivity contribution is 7.99. The summed E-state index contributed by atoms with van der Waals surface area (Å²) in [5, 5.41) is 12.0. The van der Waals surface area contributed by atoms with Crippen LogP contribution in [0.5, 0.6) is 0 Å². The van der Waals surface area contributed by atoms with Crippen LogP contribution in [0.1, 0.15) is 28.1 Å². The topological polar surface area (TPSA) is 95.9 Å². The van der Waals surface area contributed by atoms with Crippen LogP contribution in [-0.4, -0.2) is 39.8 Å². The molecule has 4 rings (SSSR count). The molecule has 1 aliphatic heterocycles. The van der Waals surface area contributed by atoms with E-state index in [0.717, 1.165) is 11.1 Å². The van der Waals surface area contributed by atoms with Gasteiger partial charge < -0.3 is 20.1 Å². The fourth-order valence-corrected chi connectivity index (χ4v) is 5.23. The summed E-state index contributed by atoms with van der Waals surface area (Å²) in [4.78, 5) is 39.9. The fourth-order valence-electron chi connectivity index (χ4n) is 3.81. The molecular formula is C26H24N2O5S. The number of ether oxygens (including phenoxy) is 1. The molecule has 3 aromatic rings. The maximum atomic E-state index is 13.8. The van der Waals surface area contributed by atoms with E-state index in [1.807, 2.05) is 60.7 Å². The highest BCUT2D eigenvalue weighted by Gasteiger charge is 2.45. The third kappa shape index (κ3) is 5.40. The minimum atomic E-state index is -1.10. The van der Waals surface area contributed by atoms with Gasteiger partial charge in [0.05, 0.1) is 0 Å². The van der Waals surface area contributed by atoms with E-state index < -0.39 is 35.4 Å². The van der Waals surface area contributed by atoms with Crippen molar-refractivity contribution in [2.75, 3.05) is 5.75 Å². The van der Waals surface area contributed by atoms with E-state index in [0.29, 0.717) is 5.56 Å². The average molecular weight is 477 g/mol. The minimum absolute atomic E-state index is 0.0479. The van der Waals surface area contributed by atoms with Crippen molar-refractivity contribution in [1.29, 1.82) is 0 Å². The number of hydrogen-bond acceptors (Lipinski definition) is 5. The first-order chi connectivity index (χ1) is 16.5. The Morgan fingerprint density at radius 3 is 2.15 bits per heavy atom. The van der Waals surface area contributed by atoms with Crippen molar-refractivity contribution in [3.63, 3.8) is 0 Å². The van der Waals surface area contributed by atoms with Crippen LogP contribution in [0, 0.1) is 0 Å². The zero-order chi connectivity index (χ0) is 23.9. The number of hydrogen-bond donors (Lipinski definition) is 2. The quantitative estimate of drug-likeness (QED) is 0.525. The molecule has 0 bridgehead atoms. The summed E-state index contributed by atoms with van der Waals surface area (Å²) in [6.07, 6.45) is -0.763. The molecule has 0 aliphatic carbocycles. The molecular weight excluding hydrogens is 452 g/mol. The van der Waals surface area contributed by atoms with E-state index in [1.165, 1.54) is 16.7 Å². The van der Waals surface area contributed by atoms with Gasteiger partial charge in [0.25, 0.3) is 5.91 Å². The van der Waals surface area contributed by atoms with Gasteiger partial charge >= 0.3 is 12.1 Å². The van der Waals surface area contributed by atoms with E-state index in [2.05, 4.69) is 5.32 Å². The molecule has 0 aromatic heterocycles. The number of carboxylic acid groups (broad SMARTS) is 1. The second-order valence-electron chi connectivity index (χ2n) is 7.75. The Bertz CT molecular complexity index is 1130. The van der Waals surface area contributed by atoms with Gasteiger partial charge in [-0.3, -0.25) is 4.79 Å². The van der Waals surface area contributed by atoms with Crippen LogP contribution in [0.2, 0.25) is 0 Å². The molecule has 0 radical (unpaired) electrons. The van der Waals surface area contributed by atoms with Crippen LogP contribution in [0.4, 0.5) is 4.79 Å². The molecule has 0 saturated carbocycles. The Morgan fingerprint density at radius 2 is 1.53 bits per heavy atom.